The van der Waals surface area contributed by atoms with E-state index in [1.54, 1.807) is 0 Å². The number of unbranched alkanes of at least 4 members (excludes halogenated alkanes) is 6. The van der Waals surface area contributed by atoms with Gasteiger partial charge in [0.2, 0.25) is 0 Å². The van der Waals surface area contributed by atoms with Crippen LogP contribution >= 0.6 is 0 Å². The number of hydrogen-bond acceptors (Lipinski definition) is 11. The Morgan fingerprint density at radius 2 is 0.884 bits per heavy atom. The first kappa shape index (κ1) is 41.5. The Bertz CT molecular complexity index is 617. The monoisotopic (exact) mass is 623 g/mol. The summed E-state index contributed by atoms with van der Waals surface area (Å²) in [6.45, 7) is 14.8. The third kappa shape index (κ3) is 36.6. The molecule has 0 aliphatic heterocycles. The molecule has 0 aromatic heterocycles. The number of carbonyl (C=O) groups excluding carboxylic acids is 2. The summed E-state index contributed by atoms with van der Waals surface area (Å²) in [6, 6.07) is 0. The zero-order valence-electron chi connectivity index (χ0n) is 27.5. The van der Waals surface area contributed by atoms with Crippen LogP contribution in [0, 0.1) is 0 Å². The summed E-state index contributed by atoms with van der Waals surface area (Å²) in [4.78, 5) is 23.2. The number of carbonyl (C=O) groups is 2. The quantitative estimate of drug-likeness (QED) is 0.0850. The molecule has 0 fully saturated rings. The van der Waals surface area contributed by atoms with Gasteiger partial charge in [0.05, 0.1) is 92.5 Å². The summed E-state index contributed by atoms with van der Waals surface area (Å²) < 4.78 is 48.4. The van der Waals surface area contributed by atoms with Crippen molar-refractivity contribution >= 4 is 12.1 Å². The van der Waals surface area contributed by atoms with Crippen LogP contribution in [0.2, 0.25) is 0 Å². The minimum Gasteiger partial charge on any atom is -0.463 e. The fourth-order valence-corrected chi connectivity index (χ4v) is 3.47. The maximum absolute atomic E-state index is 11.7. The number of ether oxygens (including phenoxy) is 9. The van der Waals surface area contributed by atoms with E-state index in [0.29, 0.717) is 105 Å². The average Bonchev–Trinajstić information content (AvgIpc) is 2.95. The molecule has 0 atom stereocenters. The summed E-state index contributed by atoms with van der Waals surface area (Å²) in [5.41, 5.74) is -0.510. The molecule has 0 heterocycles. The van der Waals surface area contributed by atoms with Gasteiger partial charge in [-0.2, -0.15) is 0 Å². The fraction of sp³-hybridized carbons (Fsp3) is 0.935. The van der Waals surface area contributed by atoms with Crippen LogP contribution in [0.15, 0.2) is 0 Å². The van der Waals surface area contributed by atoms with Gasteiger partial charge in [0.15, 0.2) is 0 Å². The molecule has 1 N–H and O–H groups in total. The van der Waals surface area contributed by atoms with Crippen LogP contribution in [0.3, 0.4) is 0 Å². The molecular weight excluding hydrogens is 562 g/mol. The lowest BCUT2D eigenvalue weighted by Crippen LogP contribution is -2.34. The van der Waals surface area contributed by atoms with E-state index in [4.69, 9.17) is 42.6 Å². The number of nitrogens with one attached hydrogen (secondary N) is 1. The van der Waals surface area contributed by atoms with Crippen LogP contribution in [-0.2, 0) is 47.4 Å². The van der Waals surface area contributed by atoms with Gasteiger partial charge in [0.25, 0.3) is 0 Å². The minimum atomic E-state index is -0.510. The van der Waals surface area contributed by atoms with Gasteiger partial charge in [-0.15, -0.1) is 0 Å². The van der Waals surface area contributed by atoms with Gasteiger partial charge in [0.1, 0.15) is 12.2 Å². The van der Waals surface area contributed by atoms with E-state index in [-0.39, 0.29) is 12.6 Å². The second-order valence-electron chi connectivity index (χ2n) is 10.8. The van der Waals surface area contributed by atoms with E-state index < -0.39 is 11.7 Å². The van der Waals surface area contributed by atoms with Crippen molar-refractivity contribution in [2.45, 2.75) is 84.7 Å². The molecule has 0 spiro atoms. The standard InChI is InChI=1S/C31H61NO11/c1-5-6-7-8-9-10-11-12-29(33)42-28-27-41-26-25-40-24-23-39-22-21-38-20-19-37-18-17-36-16-15-35-14-13-32-30(34)43-31(2,3)4/h5-28H2,1-4H3,(H,32,34). The first-order chi connectivity index (χ1) is 20.8. The summed E-state index contributed by atoms with van der Waals surface area (Å²) in [6.07, 6.45) is 8.33. The average molecular weight is 624 g/mol. The van der Waals surface area contributed by atoms with Crippen LogP contribution in [0.5, 0.6) is 0 Å². The molecule has 12 nitrogen and oxygen atoms in total. The molecule has 0 aromatic rings. The normalized spacial score (nSPS) is 11.5. The molecule has 0 radical (unpaired) electrons. The molecule has 12 heteroatoms. The molecule has 0 aromatic carbocycles. The van der Waals surface area contributed by atoms with E-state index in [9.17, 15) is 9.59 Å². The van der Waals surface area contributed by atoms with Gasteiger partial charge in [-0.05, 0) is 27.2 Å². The van der Waals surface area contributed by atoms with Gasteiger partial charge >= 0.3 is 12.1 Å². The molecule has 256 valence electrons. The Morgan fingerprint density at radius 1 is 0.512 bits per heavy atom. The molecule has 0 rings (SSSR count). The highest BCUT2D eigenvalue weighted by atomic mass is 16.6. The van der Waals surface area contributed by atoms with E-state index >= 15 is 0 Å². The first-order valence-corrected chi connectivity index (χ1v) is 16.0. The highest BCUT2D eigenvalue weighted by Crippen LogP contribution is 2.09. The second-order valence-corrected chi connectivity index (χ2v) is 10.8. The molecule has 43 heavy (non-hydrogen) atoms. The van der Waals surface area contributed by atoms with Gasteiger partial charge in [-0.25, -0.2) is 4.79 Å². The predicted molar refractivity (Wildman–Crippen MR) is 164 cm³/mol. The topological polar surface area (TPSA) is 129 Å². The van der Waals surface area contributed by atoms with Gasteiger partial charge in [-0.3, -0.25) is 4.79 Å². The van der Waals surface area contributed by atoms with E-state index in [1.165, 1.54) is 32.1 Å². The van der Waals surface area contributed by atoms with Gasteiger partial charge in [0, 0.05) is 13.0 Å². The van der Waals surface area contributed by atoms with Crippen molar-refractivity contribution in [1.82, 2.24) is 5.32 Å². The van der Waals surface area contributed by atoms with Crippen LogP contribution in [-0.4, -0.2) is 123 Å². The van der Waals surface area contributed by atoms with Crippen LogP contribution in [0.4, 0.5) is 4.79 Å². The molecule has 0 saturated carbocycles. The van der Waals surface area contributed by atoms with Crippen molar-refractivity contribution in [3.63, 3.8) is 0 Å². The van der Waals surface area contributed by atoms with Crippen molar-refractivity contribution in [2.24, 2.45) is 0 Å². The highest BCUT2D eigenvalue weighted by Gasteiger charge is 2.15. The SMILES string of the molecule is CCCCCCCCCC(=O)OCCOCCOCCOCCOCCOCCOCCOCCNC(=O)OC(C)(C)C. The molecule has 0 saturated heterocycles. The zero-order valence-corrected chi connectivity index (χ0v) is 27.5. The lowest BCUT2D eigenvalue weighted by Gasteiger charge is -2.19. The summed E-state index contributed by atoms with van der Waals surface area (Å²) in [5, 5.41) is 2.63. The number of alkyl carbamates (subject to hydrolysis) is 1. The van der Waals surface area contributed by atoms with E-state index in [1.807, 2.05) is 20.8 Å². The second kappa shape index (κ2) is 31.9. The van der Waals surface area contributed by atoms with Crippen LogP contribution in [0.25, 0.3) is 0 Å². The van der Waals surface area contributed by atoms with Crippen molar-refractivity contribution in [3.8, 4) is 0 Å². The Labute approximate surface area is 260 Å². The Balaban J connectivity index is 3.16. The number of amides is 1. The van der Waals surface area contributed by atoms with Crippen molar-refractivity contribution in [1.29, 1.82) is 0 Å². The third-order valence-corrected chi connectivity index (χ3v) is 5.62. The third-order valence-electron chi connectivity index (χ3n) is 5.62. The Hall–Kier alpha value is -1.54. The van der Waals surface area contributed by atoms with Crippen LogP contribution < -0.4 is 5.32 Å². The number of hydrogen-bond donors (Lipinski definition) is 1. The summed E-state index contributed by atoms with van der Waals surface area (Å²) in [7, 11) is 0. The Morgan fingerprint density at radius 3 is 1.30 bits per heavy atom. The lowest BCUT2D eigenvalue weighted by atomic mass is 10.1. The predicted octanol–water partition coefficient (Wildman–Crippen LogP) is 4.31. The first-order valence-electron chi connectivity index (χ1n) is 16.0. The molecule has 0 aliphatic carbocycles. The van der Waals surface area contributed by atoms with Gasteiger partial charge < -0.3 is 47.9 Å². The highest BCUT2D eigenvalue weighted by molar-refractivity contribution is 5.69. The summed E-state index contributed by atoms with van der Waals surface area (Å²) >= 11 is 0. The maximum Gasteiger partial charge on any atom is 0.407 e. The number of esters is 1. The fourth-order valence-electron chi connectivity index (χ4n) is 3.47. The van der Waals surface area contributed by atoms with E-state index in [0.717, 1.165) is 12.8 Å². The molecular formula is C31H61NO11. The minimum absolute atomic E-state index is 0.144. The van der Waals surface area contributed by atoms with Crippen molar-refractivity contribution in [2.75, 3.05) is 106 Å². The van der Waals surface area contributed by atoms with Crippen molar-refractivity contribution in [3.05, 3.63) is 0 Å². The number of rotatable bonds is 32. The van der Waals surface area contributed by atoms with Crippen LogP contribution in [0.1, 0.15) is 79.1 Å². The smallest absolute Gasteiger partial charge is 0.407 e. The Kier molecular flexibility index (Phi) is 30.7. The molecule has 0 bridgehead atoms. The largest absolute Gasteiger partial charge is 0.463 e. The lowest BCUT2D eigenvalue weighted by molar-refractivity contribution is -0.145. The van der Waals surface area contributed by atoms with E-state index in [2.05, 4.69) is 12.2 Å². The molecule has 0 aliphatic rings. The summed E-state index contributed by atoms with van der Waals surface area (Å²) in [5.74, 6) is -0.144. The maximum atomic E-state index is 11.7. The zero-order chi connectivity index (χ0) is 31.7. The van der Waals surface area contributed by atoms with Gasteiger partial charge in [-0.1, -0.05) is 45.4 Å². The molecule has 1 amide bonds. The molecule has 0 unspecified atom stereocenters. The van der Waals surface area contributed by atoms with Crippen molar-refractivity contribution < 1.29 is 52.2 Å².